The fraction of sp³-hybridized carbons (Fsp3) is 0.364. The van der Waals surface area contributed by atoms with Crippen molar-refractivity contribution in [3.05, 3.63) is 64.2 Å². The number of carbonyl (C=O) groups is 2. The third-order valence-corrected chi connectivity index (χ3v) is 5.04. The second kappa shape index (κ2) is 8.52. The van der Waals surface area contributed by atoms with Gasteiger partial charge in [0, 0.05) is 60.7 Å². The number of anilines is 2. The lowest BCUT2D eigenvalue weighted by atomic mass is 9.94. The van der Waals surface area contributed by atoms with Crippen LogP contribution >= 0.6 is 0 Å². The van der Waals surface area contributed by atoms with Crippen LogP contribution in [-0.4, -0.2) is 47.8 Å². The first kappa shape index (κ1) is 21.3. The van der Waals surface area contributed by atoms with Crippen LogP contribution in [0, 0.1) is 15.5 Å². The molecule has 0 bridgehead atoms. The summed E-state index contributed by atoms with van der Waals surface area (Å²) in [6.07, 6.45) is 0. The van der Waals surface area contributed by atoms with Crippen LogP contribution in [0.15, 0.2) is 48.5 Å². The van der Waals surface area contributed by atoms with Gasteiger partial charge in [-0.2, -0.15) is 0 Å². The Balaban J connectivity index is 1.57. The molecule has 0 radical (unpaired) electrons. The average Bonchev–Trinajstić information content (AvgIpc) is 2.73. The van der Waals surface area contributed by atoms with Crippen molar-refractivity contribution in [3.8, 4) is 0 Å². The van der Waals surface area contributed by atoms with E-state index in [4.69, 9.17) is 0 Å². The largest absolute Gasteiger partial charge is 0.368 e. The molecule has 0 saturated carbocycles. The number of nitro benzene ring substituents is 1. The first-order valence-electron chi connectivity index (χ1n) is 9.85. The maximum absolute atomic E-state index is 12.4. The Bertz CT molecular complexity index is 925. The predicted molar refractivity (Wildman–Crippen MR) is 116 cm³/mol. The van der Waals surface area contributed by atoms with Gasteiger partial charge in [-0.25, -0.2) is 0 Å². The summed E-state index contributed by atoms with van der Waals surface area (Å²) in [5.74, 6) is -0.154. The van der Waals surface area contributed by atoms with Crippen LogP contribution in [0.25, 0.3) is 0 Å². The molecular formula is C22H26N4O4. The summed E-state index contributed by atoms with van der Waals surface area (Å²) in [6.45, 7) is 8.71. The molecule has 0 unspecified atom stereocenters. The molecule has 158 valence electrons. The number of piperazine rings is 1. The van der Waals surface area contributed by atoms with Gasteiger partial charge in [-0.1, -0.05) is 20.8 Å². The normalized spacial score (nSPS) is 14.4. The van der Waals surface area contributed by atoms with Crippen molar-refractivity contribution in [2.24, 2.45) is 5.41 Å². The number of hydrogen-bond donors (Lipinski definition) is 1. The number of non-ortho nitro benzene ring substituents is 1. The number of carbonyl (C=O) groups excluding carboxylic acids is 2. The lowest BCUT2D eigenvalue weighted by Crippen LogP contribution is -2.51. The lowest BCUT2D eigenvalue weighted by Gasteiger charge is -2.38. The van der Waals surface area contributed by atoms with Gasteiger partial charge >= 0.3 is 0 Å². The fourth-order valence-corrected chi connectivity index (χ4v) is 3.34. The molecule has 1 fully saturated rings. The second-order valence-electron chi connectivity index (χ2n) is 8.33. The minimum atomic E-state index is -0.501. The van der Waals surface area contributed by atoms with Gasteiger partial charge in [-0.3, -0.25) is 19.7 Å². The Hall–Kier alpha value is -3.42. The number of hydrogen-bond acceptors (Lipinski definition) is 5. The van der Waals surface area contributed by atoms with E-state index in [-0.39, 0.29) is 22.9 Å². The first-order valence-corrected chi connectivity index (χ1v) is 9.85. The van der Waals surface area contributed by atoms with Crippen molar-refractivity contribution < 1.29 is 14.5 Å². The number of rotatable bonds is 4. The summed E-state index contributed by atoms with van der Waals surface area (Å²) in [7, 11) is 0. The molecule has 0 spiro atoms. The van der Waals surface area contributed by atoms with Crippen molar-refractivity contribution in [1.29, 1.82) is 0 Å². The summed E-state index contributed by atoms with van der Waals surface area (Å²) in [6, 6.07) is 13.0. The molecule has 2 aromatic carbocycles. The molecule has 0 aromatic heterocycles. The van der Waals surface area contributed by atoms with Gasteiger partial charge in [-0.05, 0) is 36.4 Å². The Morgan fingerprint density at radius 3 is 2.00 bits per heavy atom. The maximum Gasteiger partial charge on any atom is 0.269 e. The minimum absolute atomic E-state index is 0.0554. The number of nitrogens with one attached hydrogen (secondary N) is 1. The summed E-state index contributed by atoms with van der Waals surface area (Å²) in [4.78, 5) is 39.1. The average molecular weight is 410 g/mol. The van der Waals surface area contributed by atoms with Crippen molar-refractivity contribution in [1.82, 2.24) is 4.90 Å². The molecule has 2 amide bonds. The standard InChI is InChI=1S/C22H26N4O4/c1-22(2,3)21(28)25-14-12-24(13-15-25)18-10-6-17(7-11-18)23-20(27)16-4-8-19(9-5-16)26(29)30/h4-11H,12-15H2,1-3H3,(H,23,27). The van der Waals surface area contributed by atoms with E-state index in [2.05, 4.69) is 10.2 Å². The van der Waals surface area contributed by atoms with Crippen LogP contribution in [0.2, 0.25) is 0 Å². The molecule has 2 aromatic rings. The smallest absolute Gasteiger partial charge is 0.269 e. The topological polar surface area (TPSA) is 95.8 Å². The van der Waals surface area contributed by atoms with Crippen LogP contribution in [-0.2, 0) is 4.79 Å². The summed E-state index contributed by atoms with van der Waals surface area (Å²) >= 11 is 0. The van der Waals surface area contributed by atoms with E-state index in [0.29, 0.717) is 24.3 Å². The lowest BCUT2D eigenvalue weighted by molar-refractivity contribution is -0.384. The van der Waals surface area contributed by atoms with E-state index >= 15 is 0 Å². The molecule has 1 heterocycles. The molecule has 0 aliphatic carbocycles. The summed E-state index contributed by atoms with van der Waals surface area (Å²) in [5, 5.41) is 13.5. The van der Waals surface area contributed by atoms with Gasteiger partial charge in [0.25, 0.3) is 11.6 Å². The van der Waals surface area contributed by atoms with E-state index in [1.807, 2.05) is 49.9 Å². The van der Waals surface area contributed by atoms with E-state index in [9.17, 15) is 19.7 Å². The predicted octanol–water partition coefficient (Wildman–Crippen LogP) is 3.54. The van der Waals surface area contributed by atoms with E-state index in [1.165, 1.54) is 24.3 Å². The number of benzene rings is 2. The highest BCUT2D eigenvalue weighted by Gasteiger charge is 2.29. The molecule has 0 atom stereocenters. The van der Waals surface area contributed by atoms with Crippen molar-refractivity contribution in [2.75, 3.05) is 36.4 Å². The van der Waals surface area contributed by atoms with Crippen LogP contribution in [0.5, 0.6) is 0 Å². The van der Waals surface area contributed by atoms with Crippen LogP contribution in [0.4, 0.5) is 17.1 Å². The quantitative estimate of drug-likeness (QED) is 0.614. The summed E-state index contributed by atoms with van der Waals surface area (Å²) < 4.78 is 0. The minimum Gasteiger partial charge on any atom is -0.368 e. The van der Waals surface area contributed by atoms with E-state index < -0.39 is 4.92 Å². The van der Waals surface area contributed by atoms with Crippen LogP contribution in [0.1, 0.15) is 31.1 Å². The van der Waals surface area contributed by atoms with Crippen molar-refractivity contribution in [2.45, 2.75) is 20.8 Å². The molecule has 3 rings (SSSR count). The third-order valence-electron chi connectivity index (χ3n) is 5.04. The SMILES string of the molecule is CC(C)(C)C(=O)N1CCN(c2ccc(NC(=O)c3ccc([N+](=O)[O-])cc3)cc2)CC1. The third kappa shape index (κ3) is 4.94. The number of nitrogens with zero attached hydrogens (tertiary/aromatic N) is 3. The summed E-state index contributed by atoms with van der Waals surface area (Å²) in [5.41, 5.74) is 1.60. The molecule has 1 N–H and O–H groups in total. The highest BCUT2D eigenvalue weighted by Crippen LogP contribution is 2.23. The molecule has 1 aliphatic rings. The fourth-order valence-electron chi connectivity index (χ4n) is 3.34. The zero-order chi connectivity index (χ0) is 21.9. The van der Waals surface area contributed by atoms with E-state index in [0.717, 1.165) is 18.8 Å². The molecule has 1 saturated heterocycles. The van der Waals surface area contributed by atoms with Crippen molar-refractivity contribution >= 4 is 28.9 Å². The molecule has 1 aliphatic heterocycles. The van der Waals surface area contributed by atoms with Gasteiger partial charge in [0.05, 0.1) is 4.92 Å². The van der Waals surface area contributed by atoms with Crippen LogP contribution < -0.4 is 10.2 Å². The highest BCUT2D eigenvalue weighted by atomic mass is 16.6. The van der Waals surface area contributed by atoms with Gasteiger partial charge in [0.15, 0.2) is 0 Å². The Kier molecular flexibility index (Phi) is 6.05. The molecule has 8 nitrogen and oxygen atoms in total. The number of nitro groups is 1. The Morgan fingerprint density at radius 2 is 1.50 bits per heavy atom. The zero-order valence-corrected chi connectivity index (χ0v) is 17.4. The highest BCUT2D eigenvalue weighted by molar-refractivity contribution is 6.04. The van der Waals surface area contributed by atoms with Gasteiger partial charge in [0.1, 0.15) is 0 Å². The van der Waals surface area contributed by atoms with Gasteiger partial charge in [0.2, 0.25) is 5.91 Å². The molecule has 30 heavy (non-hydrogen) atoms. The first-order chi connectivity index (χ1) is 14.1. The number of amides is 2. The Labute approximate surface area is 175 Å². The molecular weight excluding hydrogens is 384 g/mol. The van der Waals surface area contributed by atoms with Crippen LogP contribution in [0.3, 0.4) is 0 Å². The molecule has 8 heteroatoms. The van der Waals surface area contributed by atoms with Gasteiger partial charge in [-0.15, -0.1) is 0 Å². The Morgan fingerprint density at radius 1 is 0.933 bits per heavy atom. The monoisotopic (exact) mass is 410 g/mol. The zero-order valence-electron chi connectivity index (χ0n) is 17.4. The van der Waals surface area contributed by atoms with E-state index in [1.54, 1.807) is 0 Å². The van der Waals surface area contributed by atoms with Gasteiger partial charge < -0.3 is 15.1 Å². The second-order valence-corrected chi connectivity index (χ2v) is 8.33. The van der Waals surface area contributed by atoms with Crippen molar-refractivity contribution in [3.63, 3.8) is 0 Å². The maximum atomic E-state index is 12.4.